The fourth-order valence-corrected chi connectivity index (χ4v) is 2.80. The first-order valence-electron chi connectivity index (χ1n) is 5.52. The third kappa shape index (κ3) is 4.37. The molecule has 0 unspecified atom stereocenters. The molecule has 0 saturated carbocycles. The standard InChI is InChI=1S/C13H8I2O5S/c14-11-6-1-8(7-12(11)15)13(16)20-9-2-4-10(5-3-9)21(17,18)19/h1-7H,(H,17,18,19). The van der Waals surface area contributed by atoms with E-state index in [0.717, 1.165) is 19.3 Å². The van der Waals surface area contributed by atoms with Crippen LogP contribution in [0.2, 0.25) is 0 Å². The van der Waals surface area contributed by atoms with Gasteiger partial charge in [-0.3, -0.25) is 4.55 Å². The van der Waals surface area contributed by atoms with E-state index in [1.807, 2.05) is 0 Å². The predicted octanol–water partition coefficient (Wildman–Crippen LogP) is 3.36. The van der Waals surface area contributed by atoms with Gasteiger partial charge >= 0.3 is 5.97 Å². The van der Waals surface area contributed by atoms with E-state index in [1.54, 1.807) is 18.2 Å². The van der Waals surface area contributed by atoms with E-state index in [1.165, 1.54) is 12.1 Å². The van der Waals surface area contributed by atoms with E-state index in [0.29, 0.717) is 5.56 Å². The van der Waals surface area contributed by atoms with Gasteiger partial charge < -0.3 is 4.74 Å². The number of carbonyl (C=O) groups is 1. The molecule has 8 heteroatoms. The molecule has 2 rings (SSSR count). The molecule has 0 aromatic heterocycles. The molecular formula is C13H8I2O5S. The molecule has 5 nitrogen and oxygen atoms in total. The predicted molar refractivity (Wildman–Crippen MR) is 93.1 cm³/mol. The largest absolute Gasteiger partial charge is 0.423 e. The number of hydrogen-bond acceptors (Lipinski definition) is 4. The van der Waals surface area contributed by atoms with Gasteiger partial charge in [-0.25, -0.2) is 4.79 Å². The van der Waals surface area contributed by atoms with E-state index in [4.69, 9.17) is 9.29 Å². The lowest BCUT2D eigenvalue weighted by atomic mass is 10.2. The molecule has 110 valence electrons. The van der Waals surface area contributed by atoms with Gasteiger partial charge in [0.1, 0.15) is 5.75 Å². The van der Waals surface area contributed by atoms with Crippen molar-refractivity contribution in [1.82, 2.24) is 0 Å². The van der Waals surface area contributed by atoms with Crippen LogP contribution in [0.3, 0.4) is 0 Å². The van der Waals surface area contributed by atoms with Crippen LogP contribution < -0.4 is 4.74 Å². The van der Waals surface area contributed by atoms with Crippen LogP contribution >= 0.6 is 45.2 Å². The number of ether oxygens (including phenoxy) is 1. The lowest BCUT2D eigenvalue weighted by Gasteiger charge is -2.06. The van der Waals surface area contributed by atoms with Crippen molar-refractivity contribution >= 4 is 61.3 Å². The van der Waals surface area contributed by atoms with Gasteiger partial charge in [-0.2, -0.15) is 8.42 Å². The molecule has 0 radical (unpaired) electrons. The second kappa shape index (κ2) is 6.58. The summed E-state index contributed by atoms with van der Waals surface area (Å²) < 4.78 is 37.8. The highest BCUT2D eigenvalue weighted by Crippen LogP contribution is 2.20. The van der Waals surface area contributed by atoms with Gasteiger partial charge in [0.15, 0.2) is 0 Å². The molecule has 0 atom stereocenters. The molecule has 0 aliphatic heterocycles. The van der Waals surface area contributed by atoms with Crippen molar-refractivity contribution in [3.8, 4) is 5.75 Å². The summed E-state index contributed by atoms with van der Waals surface area (Å²) in [7, 11) is -4.25. The Morgan fingerprint density at radius 2 is 1.62 bits per heavy atom. The van der Waals surface area contributed by atoms with Gasteiger partial charge in [0, 0.05) is 7.14 Å². The minimum absolute atomic E-state index is 0.195. The number of rotatable bonds is 3. The van der Waals surface area contributed by atoms with Crippen LogP contribution in [0.5, 0.6) is 5.75 Å². The van der Waals surface area contributed by atoms with E-state index < -0.39 is 16.1 Å². The number of hydrogen-bond donors (Lipinski definition) is 1. The maximum atomic E-state index is 12.0. The van der Waals surface area contributed by atoms with Crippen LogP contribution in [-0.4, -0.2) is 18.9 Å². The Balaban J connectivity index is 2.18. The van der Waals surface area contributed by atoms with Gasteiger partial charge in [-0.1, -0.05) is 0 Å². The molecule has 0 bridgehead atoms. The van der Waals surface area contributed by atoms with Crippen LogP contribution in [-0.2, 0) is 10.1 Å². The quantitative estimate of drug-likeness (QED) is 0.285. The summed E-state index contributed by atoms with van der Waals surface area (Å²) in [6, 6.07) is 10.1. The van der Waals surface area contributed by atoms with Crippen molar-refractivity contribution in [2.45, 2.75) is 4.90 Å². The molecule has 0 saturated heterocycles. The maximum absolute atomic E-state index is 12.0. The average molecular weight is 530 g/mol. The zero-order chi connectivity index (χ0) is 15.6. The SMILES string of the molecule is O=C(Oc1ccc(S(=O)(=O)O)cc1)c1ccc(I)c(I)c1. The summed E-state index contributed by atoms with van der Waals surface area (Å²) in [6.07, 6.45) is 0. The molecule has 0 fully saturated rings. The maximum Gasteiger partial charge on any atom is 0.343 e. The molecule has 1 N–H and O–H groups in total. The van der Waals surface area contributed by atoms with Crippen LogP contribution in [0.15, 0.2) is 47.4 Å². The molecule has 0 aliphatic rings. The summed E-state index contributed by atoms with van der Waals surface area (Å²) in [5.74, 6) is -0.343. The highest BCUT2D eigenvalue weighted by Gasteiger charge is 2.12. The normalized spacial score (nSPS) is 11.2. The number of benzene rings is 2. The summed E-state index contributed by atoms with van der Waals surface area (Å²) in [5.41, 5.74) is 0.402. The van der Waals surface area contributed by atoms with Crippen LogP contribution in [0.1, 0.15) is 10.4 Å². The minimum atomic E-state index is -4.25. The van der Waals surface area contributed by atoms with Gasteiger partial charge in [-0.05, 0) is 87.6 Å². The van der Waals surface area contributed by atoms with Crippen molar-refractivity contribution in [2.24, 2.45) is 0 Å². The summed E-state index contributed by atoms with van der Waals surface area (Å²) in [6.45, 7) is 0. The van der Waals surface area contributed by atoms with Gasteiger partial charge in [0.2, 0.25) is 0 Å². The molecule has 0 heterocycles. The smallest absolute Gasteiger partial charge is 0.343 e. The Hall–Kier alpha value is -0.720. The molecule has 2 aromatic carbocycles. The summed E-state index contributed by atoms with van der Waals surface area (Å²) >= 11 is 4.28. The molecule has 2 aromatic rings. The van der Waals surface area contributed by atoms with Crippen molar-refractivity contribution in [2.75, 3.05) is 0 Å². The first-order valence-corrected chi connectivity index (χ1v) is 9.12. The van der Waals surface area contributed by atoms with E-state index in [9.17, 15) is 13.2 Å². The van der Waals surface area contributed by atoms with Gasteiger partial charge in [-0.15, -0.1) is 0 Å². The Morgan fingerprint density at radius 3 is 2.14 bits per heavy atom. The first-order chi connectivity index (χ1) is 9.77. The Morgan fingerprint density at radius 1 is 1.00 bits per heavy atom. The number of halogens is 2. The topological polar surface area (TPSA) is 80.7 Å². The third-order valence-electron chi connectivity index (χ3n) is 2.49. The molecule has 0 amide bonds. The lowest BCUT2D eigenvalue weighted by Crippen LogP contribution is -2.09. The molecule has 0 aliphatic carbocycles. The third-order valence-corrected chi connectivity index (χ3v) is 6.22. The second-order valence-electron chi connectivity index (χ2n) is 3.96. The molecular weight excluding hydrogens is 522 g/mol. The van der Waals surface area contributed by atoms with Crippen LogP contribution in [0.4, 0.5) is 0 Å². The fraction of sp³-hybridized carbons (Fsp3) is 0. The van der Waals surface area contributed by atoms with Crippen LogP contribution in [0.25, 0.3) is 0 Å². The van der Waals surface area contributed by atoms with Crippen molar-refractivity contribution < 1.29 is 22.5 Å². The monoisotopic (exact) mass is 530 g/mol. The average Bonchev–Trinajstić information content (AvgIpc) is 2.41. The van der Waals surface area contributed by atoms with Crippen molar-refractivity contribution in [1.29, 1.82) is 0 Å². The highest BCUT2D eigenvalue weighted by atomic mass is 127. The summed E-state index contributed by atoms with van der Waals surface area (Å²) in [5, 5.41) is 0. The fourth-order valence-electron chi connectivity index (χ4n) is 1.47. The second-order valence-corrected chi connectivity index (χ2v) is 7.71. The highest BCUT2D eigenvalue weighted by molar-refractivity contribution is 14.1. The number of carbonyl (C=O) groups excluding carboxylic acids is 1. The molecule has 21 heavy (non-hydrogen) atoms. The Labute approximate surface area is 148 Å². The minimum Gasteiger partial charge on any atom is -0.423 e. The Kier molecular flexibility index (Phi) is 5.22. The van der Waals surface area contributed by atoms with Gasteiger partial charge in [0.05, 0.1) is 10.5 Å². The van der Waals surface area contributed by atoms with E-state index in [2.05, 4.69) is 45.2 Å². The van der Waals surface area contributed by atoms with E-state index >= 15 is 0 Å². The Bertz CT molecular complexity index is 785. The van der Waals surface area contributed by atoms with E-state index in [-0.39, 0.29) is 10.6 Å². The van der Waals surface area contributed by atoms with Crippen molar-refractivity contribution in [3.05, 3.63) is 55.2 Å². The first kappa shape index (κ1) is 16.6. The zero-order valence-electron chi connectivity index (χ0n) is 10.3. The van der Waals surface area contributed by atoms with Crippen molar-refractivity contribution in [3.63, 3.8) is 0 Å². The number of esters is 1. The lowest BCUT2D eigenvalue weighted by molar-refractivity contribution is 0.0734. The summed E-state index contributed by atoms with van der Waals surface area (Å²) in [4.78, 5) is 11.7. The van der Waals surface area contributed by atoms with Gasteiger partial charge in [0.25, 0.3) is 10.1 Å². The molecule has 0 spiro atoms. The zero-order valence-corrected chi connectivity index (χ0v) is 15.4. The van der Waals surface area contributed by atoms with Crippen LogP contribution in [0, 0.1) is 7.14 Å².